The Morgan fingerprint density at radius 3 is 2.69 bits per heavy atom. The first-order valence-electron chi connectivity index (χ1n) is 9.26. The fourth-order valence-corrected chi connectivity index (χ4v) is 4.42. The van der Waals surface area contributed by atoms with Gasteiger partial charge in [0, 0.05) is 28.8 Å². The van der Waals surface area contributed by atoms with E-state index in [-0.39, 0.29) is 17.4 Å². The van der Waals surface area contributed by atoms with Crippen LogP contribution in [0, 0.1) is 0 Å². The molecular weight excluding hydrogens is 386 g/mol. The van der Waals surface area contributed by atoms with Crippen molar-refractivity contribution >= 4 is 23.1 Å². The number of rotatable bonds is 3. The summed E-state index contributed by atoms with van der Waals surface area (Å²) in [7, 11) is 0. The highest BCUT2D eigenvalue weighted by molar-refractivity contribution is 7.08. The van der Waals surface area contributed by atoms with Gasteiger partial charge in [-0.25, -0.2) is 4.98 Å². The highest BCUT2D eigenvalue weighted by Gasteiger charge is 2.45. The second kappa shape index (κ2) is 6.38. The number of nitrogens with zero attached hydrogens (tertiary/aromatic N) is 4. The molecule has 5 rings (SSSR count). The predicted molar refractivity (Wildman–Crippen MR) is 110 cm³/mol. The molecule has 0 bridgehead atoms. The van der Waals surface area contributed by atoms with E-state index in [1.165, 1.54) is 6.26 Å². The Bertz CT molecular complexity index is 1160. The van der Waals surface area contributed by atoms with Gasteiger partial charge in [-0.3, -0.25) is 14.8 Å². The van der Waals surface area contributed by atoms with Crippen LogP contribution in [0.15, 0.2) is 52.0 Å². The van der Waals surface area contributed by atoms with Crippen molar-refractivity contribution in [1.82, 2.24) is 20.3 Å². The molecule has 1 amide bonds. The summed E-state index contributed by atoms with van der Waals surface area (Å²) >= 11 is 1.61. The van der Waals surface area contributed by atoms with Gasteiger partial charge < -0.3 is 4.52 Å². The molecule has 4 aromatic rings. The lowest BCUT2D eigenvalue weighted by Gasteiger charge is -2.26. The lowest BCUT2D eigenvalue weighted by Crippen LogP contribution is -2.30. The van der Waals surface area contributed by atoms with Crippen molar-refractivity contribution < 1.29 is 9.32 Å². The first-order valence-corrected chi connectivity index (χ1v) is 10.2. The highest BCUT2D eigenvalue weighted by Crippen LogP contribution is 2.45. The molecular formula is C21H19N5O2S. The molecule has 4 aromatic heterocycles. The van der Waals surface area contributed by atoms with Crippen molar-refractivity contribution in [2.24, 2.45) is 0 Å². The minimum atomic E-state index is -0.262. The van der Waals surface area contributed by atoms with E-state index in [1.54, 1.807) is 28.5 Å². The Kier molecular flexibility index (Phi) is 3.92. The van der Waals surface area contributed by atoms with Crippen molar-refractivity contribution in [3.8, 4) is 11.3 Å². The Hall–Kier alpha value is -3.26. The normalized spacial score (nSPS) is 16.4. The second-order valence-corrected chi connectivity index (χ2v) is 8.82. The summed E-state index contributed by atoms with van der Waals surface area (Å²) in [6, 6.07) is 7.30. The zero-order chi connectivity index (χ0) is 20.2. The maximum absolute atomic E-state index is 13.3. The van der Waals surface area contributed by atoms with Gasteiger partial charge in [0.2, 0.25) is 0 Å². The van der Waals surface area contributed by atoms with Crippen LogP contribution < -0.4 is 4.90 Å². The lowest BCUT2D eigenvalue weighted by molar-refractivity contribution is 0.0988. The number of hydrogen-bond donors (Lipinski definition) is 1. The zero-order valence-electron chi connectivity index (χ0n) is 16.2. The van der Waals surface area contributed by atoms with E-state index in [2.05, 4.69) is 46.5 Å². The van der Waals surface area contributed by atoms with Gasteiger partial charge in [-0.15, -0.1) is 0 Å². The zero-order valence-corrected chi connectivity index (χ0v) is 17.0. The number of fused-ring (bicyclic) bond motifs is 1. The Morgan fingerprint density at radius 2 is 2.07 bits per heavy atom. The van der Waals surface area contributed by atoms with Gasteiger partial charge in [0.05, 0.1) is 11.7 Å². The van der Waals surface area contributed by atoms with Crippen LogP contribution in [-0.4, -0.2) is 26.2 Å². The largest absolute Gasteiger partial charge is 0.364 e. The number of amides is 1. The number of H-pyrrole nitrogens is 1. The summed E-state index contributed by atoms with van der Waals surface area (Å²) in [5.74, 6) is 0.462. The molecule has 1 N–H and O–H groups in total. The average Bonchev–Trinajstić information content (AvgIpc) is 3.47. The number of carbonyl (C=O) groups is 1. The van der Waals surface area contributed by atoms with Crippen LogP contribution in [0.1, 0.15) is 54.1 Å². The number of thiophene rings is 1. The first kappa shape index (κ1) is 17.8. The van der Waals surface area contributed by atoms with Gasteiger partial charge in [0.15, 0.2) is 0 Å². The lowest BCUT2D eigenvalue weighted by atomic mass is 9.86. The van der Waals surface area contributed by atoms with Crippen molar-refractivity contribution in [2.45, 2.75) is 32.2 Å². The molecule has 29 heavy (non-hydrogen) atoms. The monoisotopic (exact) mass is 405 g/mol. The summed E-state index contributed by atoms with van der Waals surface area (Å²) in [4.78, 5) is 19.7. The van der Waals surface area contributed by atoms with Gasteiger partial charge >= 0.3 is 0 Å². The van der Waals surface area contributed by atoms with Crippen LogP contribution in [0.2, 0.25) is 0 Å². The Balaban J connectivity index is 1.62. The van der Waals surface area contributed by atoms with Gasteiger partial charge in [-0.1, -0.05) is 25.9 Å². The topological polar surface area (TPSA) is 87.9 Å². The van der Waals surface area contributed by atoms with Crippen LogP contribution in [-0.2, 0) is 5.41 Å². The van der Waals surface area contributed by atoms with Crippen LogP contribution in [0.5, 0.6) is 0 Å². The molecule has 1 atom stereocenters. The second-order valence-electron chi connectivity index (χ2n) is 8.04. The van der Waals surface area contributed by atoms with Crippen molar-refractivity contribution in [3.63, 3.8) is 0 Å². The van der Waals surface area contributed by atoms with Crippen LogP contribution in [0.25, 0.3) is 11.3 Å². The molecule has 5 heterocycles. The Morgan fingerprint density at radius 1 is 1.21 bits per heavy atom. The fraction of sp³-hybridized carbons (Fsp3) is 0.238. The molecule has 0 radical (unpaired) electrons. The maximum atomic E-state index is 13.3. The molecule has 1 aliphatic rings. The number of aromatic amines is 1. The Labute approximate surface area is 171 Å². The molecule has 1 unspecified atom stereocenters. The quantitative estimate of drug-likeness (QED) is 0.539. The number of hydrogen-bond acceptors (Lipinski definition) is 6. The van der Waals surface area contributed by atoms with Crippen molar-refractivity contribution in [1.29, 1.82) is 0 Å². The van der Waals surface area contributed by atoms with Gasteiger partial charge in [-0.2, -0.15) is 16.4 Å². The molecule has 0 aromatic carbocycles. The molecule has 0 aliphatic carbocycles. The van der Waals surface area contributed by atoms with E-state index in [4.69, 9.17) is 4.52 Å². The molecule has 7 nitrogen and oxygen atoms in total. The summed E-state index contributed by atoms with van der Waals surface area (Å²) < 4.78 is 4.91. The van der Waals surface area contributed by atoms with Gasteiger partial charge in [0.25, 0.3) is 5.91 Å². The fourth-order valence-electron chi connectivity index (χ4n) is 3.74. The number of carbonyl (C=O) groups excluding carboxylic acids is 1. The van der Waals surface area contributed by atoms with Gasteiger partial charge in [-0.05, 0) is 34.5 Å². The summed E-state index contributed by atoms with van der Waals surface area (Å²) in [6.07, 6.45) is 3.23. The molecule has 0 spiro atoms. The third kappa shape index (κ3) is 2.79. The SMILES string of the molecule is CC(C)(C)c1n[nH]c2c1C(c1ccsc1)N(c1ccc(-c3ccon3)cn1)C2=O. The predicted octanol–water partition coefficient (Wildman–Crippen LogP) is 4.57. The van der Waals surface area contributed by atoms with E-state index in [0.29, 0.717) is 17.2 Å². The minimum absolute atomic E-state index is 0.124. The number of anilines is 1. The van der Waals surface area contributed by atoms with Crippen LogP contribution in [0.4, 0.5) is 5.82 Å². The summed E-state index contributed by atoms with van der Waals surface area (Å²) in [5, 5.41) is 15.5. The summed E-state index contributed by atoms with van der Waals surface area (Å²) in [6.45, 7) is 6.31. The van der Waals surface area contributed by atoms with E-state index >= 15 is 0 Å². The molecule has 146 valence electrons. The summed E-state index contributed by atoms with van der Waals surface area (Å²) in [5.41, 5.74) is 4.76. The maximum Gasteiger partial charge on any atom is 0.278 e. The number of aromatic nitrogens is 4. The van der Waals surface area contributed by atoms with Crippen LogP contribution in [0.3, 0.4) is 0 Å². The van der Waals surface area contributed by atoms with Crippen LogP contribution >= 0.6 is 11.3 Å². The smallest absolute Gasteiger partial charge is 0.278 e. The van der Waals surface area contributed by atoms with Crippen molar-refractivity contribution in [2.75, 3.05) is 4.90 Å². The minimum Gasteiger partial charge on any atom is -0.364 e. The molecule has 8 heteroatoms. The molecule has 0 saturated heterocycles. The van der Waals surface area contributed by atoms with E-state index in [1.807, 2.05) is 23.6 Å². The first-order chi connectivity index (χ1) is 13.9. The number of pyridine rings is 1. The molecule has 1 aliphatic heterocycles. The number of nitrogens with one attached hydrogen (secondary N) is 1. The third-order valence-corrected chi connectivity index (χ3v) is 5.77. The third-order valence-electron chi connectivity index (χ3n) is 5.07. The van der Waals surface area contributed by atoms with Gasteiger partial charge in [0.1, 0.15) is 23.5 Å². The van der Waals surface area contributed by atoms with Crippen molar-refractivity contribution in [3.05, 3.63) is 70.0 Å². The standard InChI is InChI=1S/C21H19N5O2S/c1-21(2,3)19-16-17(23-24-19)20(27)26(18(16)13-7-9-29-11-13)15-5-4-12(10-22-15)14-6-8-28-25-14/h4-11,18H,1-3H3,(H,23,24). The van der Waals surface area contributed by atoms with E-state index in [9.17, 15) is 4.79 Å². The molecule has 0 fully saturated rings. The average molecular weight is 405 g/mol. The van der Waals surface area contributed by atoms with E-state index < -0.39 is 0 Å². The van der Waals surface area contributed by atoms with E-state index in [0.717, 1.165) is 22.4 Å². The highest BCUT2D eigenvalue weighted by atomic mass is 32.1. The molecule has 0 saturated carbocycles.